The zero-order valence-corrected chi connectivity index (χ0v) is 16.4. The molecule has 1 N–H and O–H groups in total. The van der Waals surface area contributed by atoms with Crippen LogP contribution in [0.25, 0.3) is 0 Å². The number of piperidine rings is 1. The number of carbonyl (C=O) groups is 3. The molecule has 0 saturated carbocycles. The van der Waals surface area contributed by atoms with E-state index in [2.05, 4.69) is 19.2 Å². The summed E-state index contributed by atoms with van der Waals surface area (Å²) in [6.45, 7) is 7.06. The van der Waals surface area contributed by atoms with Gasteiger partial charge in [0.05, 0.1) is 0 Å². The zero-order valence-electron chi connectivity index (χ0n) is 16.4. The van der Waals surface area contributed by atoms with Gasteiger partial charge < -0.3 is 19.7 Å². The number of hydrogen-bond donors (Lipinski definition) is 1. The fourth-order valence-corrected chi connectivity index (χ4v) is 4.35. The van der Waals surface area contributed by atoms with Crippen molar-refractivity contribution >= 4 is 17.8 Å². The molecule has 0 aliphatic carbocycles. The van der Waals surface area contributed by atoms with Crippen LogP contribution in [0.1, 0.15) is 32.8 Å². The van der Waals surface area contributed by atoms with Gasteiger partial charge in [-0.1, -0.05) is 19.9 Å². The lowest BCUT2D eigenvalue weighted by Crippen LogP contribution is -2.48. The Hall–Kier alpha value is -2.77. The lowest BCUT2D eigenvalue weighted by atomic mass is 9.91. The largest absolute Gasteiger partial charge is 0.454 e. The number of likely N-dealkylation sites (tertiary alicyclic amines) is 1. The minimum atomic E-state index is -1.25. The first-order valence-electron chi connectivity index (χ1n) is 9.60. The van der Waals surface area contributed by atoms with Gasteiger partial charge in [0, 0.05) is 13.1 Å². The van der Waals surface area contributed by atoms with Gasteiger partial charge >= 0.3 is 6.03 Å². The average molecular weight is 387 g/mol. The minimum absolute atomic E-state index is 0.128. The summed E-state index contributed by atoms with van der Waals surface area (Å²) in [5.41, 5.74) is -0.661. The van der Waals surface area contributed by atoms with Crippen molar-refractivity contribution in [3.05, 3.63) is 23.8 Å². The second kappa shape index (κ2) is 6.68. The second-order valence-corrected chi connectivity index (χ2v) is 8.26. The van der Waals surface area contributed by atoms with Crippen molar-refractivity contribution in [2.45, 2.75) is 32.7 Å². The Balaban J connectivity index is 1.51. The number of hydrogen-bond acceptors (Lipinski definition) is 5. The van der Waals surface area contributed by atoms with Gasteiger partial charge in [-0.2, -0.15) is 0 Å². The molecule has 8 heteroatoms. The number of fused-ring (bicyclic) bond motifs is 1. The van der Waals surface area contributed by atoms with Gasteiger partial charge in [0.25, 0.3) is 5.91 Å². The lowest BCUT2D eigenvalue weighted by molar-refractivity contribution is -0.140. The van der Waals surface area contributed by atoms with Crippen LogP contribution in [0.15, 0.2) is 18.2 Å². The van der Waals surface area contributed by atoms with Crippen LogP contribution < -0.4 is 14.8 Å². The molecule has 8 nitrogen and oxygen atoms in total. The number of amides is 4. The third kappa shape index (κ3) is 3.06. The standard InChI is InChI=1S/C20H25N3O5/c1-12-6-13(2)9-22(8-12)17(24)10-23-18(25)20(3,21-19(23)26)14-4-5-15-16(7-14)28-11-27-15/h4-5,7,12-13H,6,8-11H2,1-3H3,(H,21,26)/t12-,13-,20+/m0/s1. The highest BCUT2D eigenvalue weighted by atomic mass is 16.7. The zero-order chi connectivity index (χ0) is 20.1. The van der Waals surface area contributed by atoms with E-state index in [0.717, 1.165) is 11.3 Å². The van der Waals surface area contributed by atoms with Crippen LogP contribution in [0.5, 0.6) is 11.5 Å². The fraction of sp³-hybridized carbons (Fsp3) is 0.550. The van der Waals surface area contributed by atoms with Crippen LogP contribution in [0.2, 0.25) is 0 Å². The summed E-state index contributed by atoms with van der Waals surface area (Å²) in [7, 11) is 0. The van der Waals surface area contributed by atoms with E-state index in [1.807, 2.05) is 0 Å². The summed E-state index contributed by atoms with van der Waals surface area (Å²) in [6, 6.07) is 4.58. The van der Waals surface area contributed by atoms with Gasteiger partial charge in [-0.05, 0) is 42.9 Å². The van der Waals surface area contributed by atoms with E-state index in [1.54, 1.807) is 30.0 Å². The molecule has 150 valence electrons. The van der Waals surface area contributed by atoms with Crippen molar-refractivity contribution in [2.24, 2.45) is 11.8 Å². The Morgan fingerprint density at radius 1 is 1.18 bits per heavy atom. The molecule has 3 aliphatic rings. The van der Waals surface area contributed by atoms with Crippen LogP contribution in [-0.2, 0) is 15.1 Å². The van der Waals surface area contributed by atoms with E-state index in [1.165, 1.54) is 0 Å². The molecule has 0 bridgehead atoms. The summed E-state index contributed by atoms with van der Waals surface area (Å²) in [6.07, 6.45) is 1.08. The van der Waals surface area contributed by atoms with Gasteiger partial charge in [-0.15, -0.1) is 0 Å². The van der Waals surface area contributed by atoms with E-state index < -0.39 is 17.5 Å². The Morgan fingerprint density at radius 2 is 1.86 bits per heavy atom. The Bertz CT molecular complexity index is 831. The quantitative estimate of drug-likeness (QED) is 0.798. The van der Waals surface area contributed by atoms with Crippen LogP contribution >= 0.6 is 0 Å². The molecule has 1 aromatic rings. The average Bonchev–Trinajstić information content (AvgIpc) is 3.19. The number of ether oxygens (including phenoxy) is 2. The molecule has 0 unspecified atom stereocenters. The van der Waals surface area contributed by atoms with Crippen LogP contribution in [0, 0.1) is 11.8 Å². The Kier molecular flexibility index (Phi) is 4.44. The number of nitrogens with zero attached hydrogens (tertiary/aromatic N) is 2. The predicted octanol–water partition coefficient (Wildman–Crippen LogP) is 1.69. The number of carbonyl (C=O) groups excluding carboxylic acids is 3. The third-order valence-corrected chi connectivity index (χ3v) is 5.74. The lowest BCUT2D eigenvalue weighted by Gasteiger charge is -2.35. The maximum absolute atomic E-state index is 13.1. The highest BCUT2D eigenvalue weighted by Crippen LogP contribution is 2.37. The topological polar surface area (TPSA) is 88.2 Å². The molecule has 3 atom stereocenters. The molecule has 3 aliphatic heterocycles. The van der Waals surface area contributed by atoms with Crippen molar-refractivity contribution in [3.63, 3.8) is 0 Å². The van der Waals surface area contributed by atoms with Gasteiger partial charge in [0.2, 0.25) is 12.7 Å². The Labute approximate surface area is 163 Å². The van der Waals surface area contributed by atoms with E-state index in [4.69, 9.17) is 9.47 Å². The molecule has 2 fully saturated rings. The highest BCUT2D eigenvalue weighted by Gasteiger charge is 2.50. The maximum atomic E-state index is 13.1. The molecule has 28 heavy (non-hydrogen) atoms. The first kappa shape index (κ1) is 18.6. The Morgan fingerprint density at radius 3 is 2.57 bits per heavy atom. The van der Waals surface area contributed by atoms with Gasteiger partial charge in [-0.3, -0.25) is 14.5 Å². The number of nitrogens with one attached hydrogen (secondary N) is 1. The molecule has 3 heterocycles. The molecular formula is C20H25N3O5. The molecule has 2 saturated heterocycles. The summed E-state index contributed by atoms with van der Waals surface area (Å²) in [4.78, 5) is 41.1. The first-order valence-corrected chi connectivity index (χ1v) is 9.60. The molecule has 0 spiro atoms. The summed E-state index contributed by atoms with van der Waals surface area (Å²) in [5, 5.41) is 2.73. The molecule has 4 rings (SSSR count). The number of rotatable bonds is 3. The number of urea groups is 1. The number of benzene rings is 1. The number of imide groups is 1. The van der Waals surface area contributed by atoms with Crippen molar-refractivity contribution in [3.8, 4) is 11.5 Å². The molecule has 0 aromatic heterocycles. The molecule has 1 aromatic carbocycles. The van der Waals surface area contributed by atoms with E-state index in [9.17, 15) is 14.4 Å². The van der Waals surface area contributed by atoms with Gasteiger partial charge in [-0.25, -0.2) is 4.79 Å². The smallest absolute Gasteiger partial charge is 0.325 e. The van der Waals surface area contributed by atoms with Crippen LogP contribution in [0.4, 0.5) is 4.79 Å². The van der Waals surface area contributed by atoms with E-state index in [-0.39, 0.29) is 19.2 Å². The van der Waals surface area contributed by atoms with Crippen molar-refractivity contribution in [1.82, 2.24) is 15.1 Å². The summed E-state index contributed by atoms with van der Waals surface area (Å²) >= 11 is 0. The van der Waals surface area contributed by atoms with E-state index in [0.29, 0.717) is 42.0 Å². The first-order chi connectivity index (χ1) is 13.3. The summed E-state index contributed by atoms with van der Waals surface area (Å²) < 4.78 is 10.7. The van der Waals surface area contributed by atoms with Crippen LogP contribution in [0.3, 0.4) is 0 Å². The van der Waals surface area contributed by atoms with Gasteiger partial charge in [0.1, 0.15) is 12.1 Å². The fourth-order valence-electron chi connectivity index (χ4n) is 4.35. The maximum Gasteiger partial charge on any atom is 0.325 e. The van der Waals surface area contributed by atoms with Gasteiger partial charge in [0.15, 0.2) is 11.5 Å². The molecular weight excluding hydrogens is 362 g/mol. The SMILES string of the molecule is C[C@H]1C[C@H](C)CN(C(=O)CN2C(=O)N[C@](C)(c3ccc4c(c3)OCO4)C2=O)C1. The molecule has 4 amide bonds. The monoisotopic (exact) mass is 387 g/mol. The van der Waals surface area contributed by atoms with Crippen molar-refractivity contribution < 1.29 is 23.9 Å². The van der Waals surface area contributed by atoms with Crippen LogP contribution in [-0.4, -0.2) is 54.1 Å². The van der Waals surface area contributed by atoms with Crippen molar-refractivity contribution in [2.75, 3.05) is 26.4 Å². The second-order valence-electron chi connectivity index (χ2n) is 8.26. The predicted molar refractivity (Wildman–Crippen MR) is 99.7 cm³/mol. The highest BCUT2D eigenvalue weighted by molar-refractivity contribution is 6.09. The van der Waals surface area contributed by atoms with Crippen molar-refractivity contribution in [1.29, 1.82) is 0 Å². The minimum Gasteiger partial charge on any atom is -0.454 e. The third-order valence-electron chi connectivity index (χ3n) is 5.74. The molecule has 0 radical (unpaired) electrons. The summed E-state index contributed by atoms with van der Waals surface area (Å²) in [5.74, 6) is 1.32. The normalized spacial score (nSPS) is 29.2. The van der Waals surface area contributed by atoms with E-state index >= 15 is 0 Å².